The second-order valence-corrected chi connectivity index (χ2v) is 4.18. The molecule has 0 unspecified atom stereocenters. The Hall–Kier alpha value is -1.40. The first-order valence-electron chi connectivity index (χ1n) is 6.75. The van der Waals surface area contributed by atoms with Crippen molar-refractivity contribution in [3.63, 3.8) is 0 Å². The lowest BCUT2D eigenvalue weighted by atomic mass is 10.2. The molecule has 2 N–H and O–H groups in total. The summed E-state index contributed by atoms with van der Waals surface area (Å²) in [5, 5.41) is 0. The molecule has 20 heavy (non-hydrogen) atoms. The molecule has 0 radical (unpaired) electrons. The maximum absolute atomic E-state index is 14.0. The Balaban J connectivity index is 2.87. The highest BCUT2D eigenvalue weighted by Gasteiger charge is 2.18. The maximum atomic E-state index is 14.0. The van der Waals surface area contributed by atoms with Crippen molar-refractivity contribution < 1.29 is 18.3 Å². The van der Waals surface area contributed by atoms with Gasteiger partial charge in [-0.1, -0.05) is 0 Å². The Morgan fingerprint density at radius 2 is 1.60 bits per heavy atom. The second-order valence-electron chi connectivity index (χ2n) is 4.18. The Morgan fingerprint density at radius 3 is 2.10 bits per heavy atom. The number of ether oxygens (including phenoxy) is 2. The number of rotatable bonds is 9. The number of hydrogen-bond acceptors (Lipinski definition) is 4. The van der Waals surface area contributed by atoms with Crippen LogP contribution < -0.4 is 10.6 Å². The van der Waals surface area contributed by atoms with Crippen molar-refractivity contribution in [1.29, 1.82) is 0 Å². The third-order valence-corrected chi connectivity index (χ3v) is 2.84. The number of benzene rings is 1. The van der Waals surface area contributed by atoms with E-state index in [-0.39, 0.29) is 11.4 Å². The molecule has 0 atom stereocenters. The van der Waals surface area contributed by atoms with Gasteiger partial charge in [0.05, 0.1) is 24.6 Å². The maximum Gasteiger partial charge on any atom is 0.184 e. The van der Waals surface area contributed by atoms with E-state index in [9.17, 15) is 8.78 Å². The first-order valence-corrected chi connectivity index (χ1v) is 6.75. The van der Waals surface area contributed by atoms with E-state index in [4.69, 9.17) is 15.2 Å². The van der Waals surface area contributed by atoms with Crippen molar-refractivity contribution in [2.24, 2.45) is 0 Å². The number of anilines is 2. The molecule has 1 rings (SSSR count). The molecule has 0 amide bonds. The predicted molar refractivity (Wildman–Crippen MR) is 76.0 cm³/mol. The molecule has 0 aliphatic carbocycles. The number of halogens is 2. The summed E-state index contributed by atoms with van der Waals surface area (Å²) < 4.78 is 37.9. The summed E-state index contributed by atoms with van der Waals surface area (Å²) in [5.41, 5.74) is 6.05. The lowest BCUT2D eigenvalue weighted by molar-refractivity contribution is 0.141. The van der Waals surface area contributed by atoms with Crippen LogP contribution in [0.2, 0.25) is 0 Å². The summed E-state index contributed by atoms with van der Waals surface area (Å²) in [4.78, 5) is 1.65. The van der Waals surface area contributed by atoms with Crippen LogP contribution in [0.15, 0.2) is 12.1 Å². The lowest BCUT2D eigenvalue weighted by Crippen LogP contribution is -2.32. The van der Waals surface area contributed by atoms with Crippen LogP contribution in [-0.4, -0.2) is 39.5 Å². The first-order chi connectivity index (χ1) is 9.61. The monoisotopic (exact) mass is 288 g/mol. The van der Waals surface area contributed by atoms with Crippen molar-refractivity contribution in [3.05, 3.63) is 23.8 Å². The summed E-state index contributed by atoms with van der Waals surface area (Å²) >= 11 is 0. The number of nitrogens with zero attached hydrogens (tertiary/aromatic N) is 1. The van der Waals surface area contributed by atoms with Gasteiger partial charge in [-0.25, -0.2) is 8.78 Å². The van der Waals surface area contributed by atoms with E-state index in [1.54, 1.807) is 4.90 Å². The molecular weight excluding hydrogens is 266 g/mol. The summed E-state index contributed by atoms with van der Waals surface area (Å²) in [6.45, 7) is 6.57. The smallest absolute Gasteiger partial charge is 0.184 e. The molecule has 0 spiro atoms. The van der Waals surface area contributed by atoms with Gasteiger partial charge in [0.15, 0.2) is 11.6 Å². The number of nitrogens with two attached hydrogens (primary N) is 1. The zero-order valence-electron chi connectivity index (χ0n) is 12.0. The molecule has 4 nitrogen and oxygen atoms in total. The molecule has 0 aliphatic rings. The molecule has 0 aromatic heterocycles. The molecule has 0 fully saturated rings. The van der Waals surface area contributed by atoms with Gasteiger partial charge in [-0.2, -0.15) is 0 Å². The van der Waals surface area contributed by atoms with Crippen LogP contribution in [0.5, 0.6) is 0 Å². The van der Waals surface area contributed by atoms with E-state index in [2.05, 4.69) is 0 Å². The fraction of sp³-hybridized carbons (Fsp3) is 0.571. The number of nitrogen functional groups attached to an aromatic ring is 1. The molecule has 6 heteroatoms. The molecule has 0 aliphatic heterocycles. The molecular formula is C14H22F2N2O2. The Morgan fingerprint density at radius 1 is 1.05 bits per heavy atom. The van der Waals surface area contributed by atoms with Gasteiger partial charge in [0.25, 0.3) is 0 Å². The second kappa shape index (κ2) is 8.71. The van der Waals surface area contributed by atoms with Gasteiger partial charge < -0.3 is 20.1 Å². The van der Waals surface area contributed by atoms with Crippen LogP contribution in [0.1, 0.15) is 13.8 Å². The van der Waals surface area contributed by atoms with Crippen molar-refractivity contribution >= 4 is 11.4 Å². The van der Waals surface area contributed by atoms with Gasteiger partial charge in [-0.3, -0.25) is 0 Å². The van der Waals surface area contributed by atoms with E-state index in [0.717, 1.165) is 6.07 Å². The van der Waals surface area contributed by atoms with E-state index >= 15 is 0 Å². The van der Waals surface area contributed by atoms with Crippen LogP contribution >= 0.6 is 0 Å². The van der Waals surface area contributed by atoms with Crippen LogP contribution in [0.3, 0.4) is 0 Å². The van der Waals surface area contributed by atoms with Crippen molar-refractivity contribution in [2.45, 2.75) is 13.8 Å². The molecule has 0 heterocycles. The SMILES string of the molecule is CCOCCN(CCOCC)c1c(N)ccc(F)c1F. The highest BCUT2D eigenvalue weighted by atomic mass is 19.2. The molecule has 1 aromatic rings. The summed E-state index contributed by atoms with van der Waals surface area (Å²) in [7, 11) is 0. The van der Waals surface area contributed by atoms with Crippen LogP contribution in [0.4, 0.5) is 20.2 Å². The molecule has 0 bridgehead atoms. The van der Waals surface area contributed by atoms with Gasteiger partial charge >= 0.3 is 0 Å². The van der Waals surface area contributed by atoms with E-state index in [1.807, 2.05) is 13.8 Å². The van der Waals surface area contributed by atoms with Gasteiger partial charge in [0.1, 0.15) is 0 Å². The fourth-order valence-corrected chi connectivity index (χ4v) is 1.85. The zero-order chi connectivity index (χ0) is 15.0. The van der Waals surface area contributed by atoms with Gasteiger partial charge in [0, 0.05) is 26.3 Å². The van der Waals surface area contributed by atoms with E-state index in [0.29, 0.717) is 39.5 Å². The van der Waals surface area contributed by atoms with E-state index < -0.39 is 11.6 Å². The van der Waals surface area contributed by atoms with Crippen molar-refractivity contribution in [1.82, 2.24) is 0 Å². The number of hydrogen-bond donors (Lipinski definition) is 1. The minimum absolute atomic E-state index is 0.0735. The quantitative estimate of drug-likeness (QED) is 0.560. The fourth-order valence-electron chi connectivity index (χ4n) is 1.85. The van der Waals surface area contributed by atoms with Crippen molar-refractivity contribution in [2.75, 3.05) is 50.2 Å². The third-order valence-electron chi connectivity index (χ3n) is 2.84. The minimum Gasteiger partial charge on any atom is -0.397 e. The molecule has 0 saturated carbocycles. The van der Waals surface area contributed by atoms with E-state index in [1.165, 1.54) is 6.07 Å². The van der Waals surface area contributed by atoms with Crippen LogP contribution in [0.25, 0.3) is 0 Å². The summed E-state index contributed by atoms with van der Waals surface area (Å²) in [6.07, 6.45) is 0. The van der Waals surface area contributed by atoms with Gasteiger partial charge in [0.2, 0.25) is 0 Å². The Kier molecular flexibility index (Phi) is 7.25. The van der Waals surface area contributed by atoms with Crippen LogP contribution in [0, 0.1) is 11.6 Å². The topological polar surface area (TPSA) is 47.7 Å². The first kappa shape index (κ1) is 16.7. The average molecular weight is 288 g/mol. The molecule has 0 saturated heterocycles. The molecule has 1 aromatic carbocycles. The van der Waals surface area contributed by atoms with Crippen molar-refractivity contribution in [3.8, 4) is 0 Å². The minimum atomic E-state index is -0.932. The normalized spacial score (nSPS) is 10.8. The Bertz CT molecular complexity index is 406. The van der Waals surface area contributed by atoms with Gasteiger partial charge in [-0.05, 0) is 26.0 Å². The third kappa shape index (κ3) is 4.61. The Labute approximate surface area is 118 Å². The summed E-state index contributed by atoms with van der Waals surface area (Å²) in [6, 6.07) is 2.39. The van der Waals surface area contributed by atoms with Gasteiger partial charge in [-0.15, -0.1) is 0 Å². The zero-order valence-corrected chi connectivity index (χ0v) is 12.0. The summed E-state index contributed by atoms with van der Waals surface area (Å²) in [5.74, 6) is -1.84. The predicted octanol–water partition coefficient (Wildman–Crippen LogP) is 2.43. The highest BCUT2D eigenvalue weighted by Crippen LogP contribution is 2.28. The largest absolute Gasteiger partial charge is 0.397 e. The van der Waals surface area contributed by atoms with Crippen LogP contribution in [-0.2, 0) is 9.47 Å². The average Bonchev–Trinajstić information content (AvgIpc) is 2.43. The standard InChI is InChI=1S/C14H22F2N2O2/c1-3-19-9-7-18(8-10-20-4-2)14-12(17)6-5-11(15)13(14)16/h5-6H,3-4,7-10,17H2,1-2H3. The lowest BCUT2D eigenvalue weighted by Gasteiger charge is -2.26. The molecule has 114 valence electrons. The highest BCUT2D eigenvalue weighted by molar-refractivity contribution is 5.68.